The molecule has 3 heterocycles. The second-order valence-corrected chi connectivity index (χ2v) is 9.64. The molecule has 0 aromatic carbocycles. The van der Waals surface area contributed by atoms with Crippen LogP contribution in [0.3, 0.4) is 0 Å². The van der Waals surface area contributed by atoms with Crippen molar-refractivity contribution in [2.45, 2.75) is 43.7 Å². The number of hydrogen-bond donors (Lipinski definition) is 0. The average Bonchev–Trinajstić information content (AvgIpc) is 3.26. The Labute approximate surface area is 173 Å². The Balaban J connectivity index is 1.39. The number of likely N-dealkylation sites (tertiary alicyclic amines) is 2. The Kier molecular flexibility index (Phi) is 7.50. The van der Waals surface area contributed by atoms with Crippen LogP contribution in [0.1, 0.15) is 32.1 Å². The maximum absolute atomic E-state index is 12.4. The van der Waals surface area contributed by atoms with Crippen molar-refractivity contribution in [3.8, 4) is 0 Å². The van der Waals surface area contributed by atoms with Crippen LogP contribution in [0, 0.1) is 0 Å². The van der Waals surface area contributed by atoms with Gasteiger partial charge in [0.15, 0.2) is 0 Å². The zero-order chi connectivity index (χ0) is 20.1. The molecule has 28 heavy (non-hydrogen) atoms. The summed E-state index contributed by atoms with van der Waals surface area (Å²) >= 11 is 1.70. The summed E-state index contributed by atoms with van der Waals surface area (Å²) in [5.41, 5.74) is -0.378. The van der Waals surface area contributed by atoms with Gasteiger partial charge < -0.3 is 24.3 Å². The summed E-state index contributed by atoms with van der Waals surface area (Å²) in [6.45, 7) is 6.17. The molecule has 8 heteroatoms. The van der Waals surface area contributed by atoms with Crippen molar-refractivity contribution in [2.24, 2.45) is 0 Å². The molecule has 1 atom stereocenters. The number of rotatable bonds is 8. The summed E-state index contributed by atoms with van der Waals surface area (Å²) < 4.78 is 5.81. The van der Waals surface area contributed by atoms with Crippen LogP contribution in [0.5, 0.6) is 0 Å². The molecule has 0 radical (unpaired) electrons. The van der Waals surface area contributed by atoms with Gasteiger partial charge in [-0.3, -0.25) is 4.79 Å². The monoisotopic (exact) mass is 412 g/mol. The fourth-order valence-electron chi connectivity index (χ4n) is 4.56. The number of nitrogens with zero attached hydrogens (tertiary/aromatic N) is 4. The van der Waals surface area contributed by atoms with Crippen LogP contribution in [-0.4, -0.2) is 115 Å². The molecular weight excluding hydrogens is 376 g/mol. The first kappa shape index (κ1) is 21.7. The molecule has 3 rings (SSSR count). The first-order valence-corrected chi connectivity index (χ1v) is 12.0. The Bertz CT molecular complexity index is 552. The molecule has 3 aliphatic heterocycles. The summed E-state index contributed by atoms with van der Waals surface area (Å²) in [5, 5.41) is 0. The molecule has 0 unspecified atom stereocenters. The minimum absolute atomic E-state index is 0.172. The molecule has 2 amide bonds. The van der Waals surface area contributed by atoms with Gasteiger partial charge in [0.1, 0.15) is 5.60 Å². The van der Waals surface area contributed by atoms with Gasteiger partial charge in [-0.05, 0) is 46.3 Å². The maximum atomic E-state index is 12.4. The van der Waals surface area contributed by atoms with Crippen LogP contribution in [0.25, 0.3) is 0 Å². The van der Waals surface area contributed by atoms with Crippen molar-refractivity contribution in [3.05, 3.63) is 0 Å². The maximum Gasteiger partial charge on any atom is 0.410 e. The summed E-state index contributed by atoms with van der Waals surface area (Å²) in [4.78, 5) is 33.2. The Morgan fingerprint density at radius 2 is 2.00 bits per heavy atom. The van der Waals surface area contributed by atoms with Gasteiger partial charge >= 0.3 is 6.09 Å². The first-order valence-electron chi connectivity index (χ1n) is 10.6. The highest BCUT2D eigenvalue weighted by Gasteiger charge is 2.47. The molecular formula is C20H36N4O3S. The van der Waals surface area contributed by atoms with Crippen molar-refractivity contribution in [1.29, 1.82) is 0 Å². The van der Waals surface area contributed by atoms with E-state index in [4.69, 9.17) is 4.74 Å². The second kappa shape index (κ2) is 9.67. The van der Waals surface area contributed by atoms with Crippen LogP contribution in [-0.2, 0) is 9.53 Å². The predicted molar refractivity (Wildman–Crippen MR) is 113 cm³/mol. The molecule has 3 saturated heterocycles. The molecule has 0 bridgehead atoms. The summed E-state index contributed by atoms with van der Waals surface area (Å²) in [7, 11) is 4.30. The topological polar surface area (TPSA) is 56.3 Å². The van der Waals surface area contributed by atoms with Crippen molar-refractivity contribution >= 4 is 23.8 Å². The molecule has 0 aromatic heterocycles. The number of amides is 2. The van der Waals surface area contributed by atoms with E-state index in [1.165, 1.54) is 6.42 Å². The van der Waals surface area contributed by atoms with E-state index in [1.54, 1.807) is 11.8 Å². The largest absolute Gasteiger partial charge is 0.441 e. The van der Waals surface area contributed by atoms with Crippen LogP contribution in [0.2, 0.25) is 0 Å². The number of thioether (sulfide) groups is 1. The smallest absolute Gasteiger partial charge is 0.410 e. The highest BCUT2D eigenvalue weighted by molar-refractivity contribution is 7.98. The van der Waals surface area contributed by atoms with Gasteiger partial charge in [0.25, 0.3) is 0 Å². The van der Waals surface area contributed by atoms with Gasteiger partial charge in [-0.25, -0.2) is 4.79 Å². The Morgan fingerprint density at radius 1 is 1.25 bits per heavy atom. The molecule has 0 saturated carbocycles. The predicted octanol–water partition coefficient (Wildman–Crippen LogP) is 1.58. The van der Waals surface area contributed by atoms with Gasteiger partial charge in [0, 0.05) is 57.2 Å². The molecule has 0 N–H and O–H groups in total. The molecule has 160 valence electrons. The SMILES string of the molecule is CSCCC(=O)N1CCC2(CC1)CN(CCCN1CC[C@H](N(C)C)C1)C(=O)O2. The van der Waals surface area contributed by atoms with E-state index in [-0.39, 0.29) is 17.6 Å². The lowest BCUT2D eigenvalue weighted by Gasteiger charge is -2.37. The van der Waals surface area contributed by atoms with Gasteiger partial charge in [-0.15, -0.1) is 0 Å². The Morgan fingerprint density at radius 3 is 2.64 bits per heavy atom. The number of ether oxygens (including phenoxy) is 1. The zero-order valence-corrected chi connectivity index (χ0v) is 18.5. The molecule has 1 spiro atoms. The number of likely N-dealkylation sites (N-methyl/N-ethyl adjacent to an activating group) is 1. The van der Waals surface area contributed by atoms with Crippen molar-refractivity contribution in [1.82, 2.24) is 19.6 Å². The van der Waals surface area contributed by atoms with Crippen molar-refractivity contribution < 1.29 is 14.3 Å². The zero-order valence-electron chi connectivity index (χ0n) is 17.7. The average molecular weight is 413 g/mol. The fourth-order valence-corrected chi connectivity index (χ4v) is 4.94. The van der Waals surface area contributed by atoms with E-state index in [9.17, 15) is 9.59 Å². The van der Waals surface area contributed by atoms with E-state index >= 15 is 0 Å². The number of hydrogen-bond acceptors (Lipinski definition) is 6. The fraction of sp³-hybridized carbons (Fsp3) is 0.900. The lowest BCUT2D eigenvalue weighted by molar-refractivity contribution is -0.134. The van der Waals surface area contributed by atoms with Crippen molar-refractivity contribution in [3.63, 3.8) is 0 Å². The second-order valence-electron chi connectivity index (χ2n) is 8.66. The third-order valence-electron chi connectivity index (χ3n) is 6.47. The standard InChI is InChI=1S/C20H36N4O3S/c1-21(2)17-5-11-22(15-17)9-4-10-24-16-20(27-19(24)26)7-12-23(13-8-20)18(25)6-14-28-3/h17H,4-16H2,1-3H3/t17-/m0/s1. The molecule has 3 fully saturated rings. The van der Waals surface area contributed by atoms with Gasteiger partial charge in [-0.1, -0.05) is 0 Å². The molecule has 0 aromatic rings. The van der Waals surface area contributed by atoms with E-state index in [0.717, 1.165) is 51.2 Å². The van der Waals surface area contributed by atoms with Gasteiger partial charge in [-0.2, -0.15) is 11.8 Å². The lowest BCUT2D eigenvalue weighted by Crippen LogP contribution is -2.48. The van der Waals surface area contributed by atoms with Gasteiger partial charge in [0.2, 0.25) is 5.91 Å². The van der Waals surface area contributed by atoms with Crippen LogP contribution in [0.15, 0.2) is 0 Å². The number of carbonyl (C=O) groups excluding carboxylic acids is 2. The van der Waals surface area contributed by atoms with Crippen molar-refractivity contribution in [2.75, 3.05) is 71.9 Å². The summed E-state index contributed by atoms with van der Waals surface area (Å²) in [5.74, 6) is 1.10. The van der Waals surface area contributed by atoms with E-state index in [0.29, 0.717) is 32.1 Å². The summed E-state index contributed by atoms with van der Waals surface area (Å²) in [6, 6.07) is 0.656. The number of piperidine rings is 1. The first-order chi connectivity index (χ1) is 13.4. The minimum Gasteiger partial charge on any atom is -0.441 e. The van der Waals surface area contributed by atoms with E-state index < -0.39 is 0 Å². The normalized spacial score (nSPS) is 25.1. The van der Waals surface area contributed by atoms with Crippen LogP contribution in [0.4, 0.5) is 4.79 Å². The van der Waals surface area contributed by atoms with E-state index in [1.807, 2.05) is 16.1 Å². The van der Waals surface area contributed by atoms with Gasteiger partial charge in [0.05, 0.1) is 6.54 Å². The molecule has 3 aliphatic rings. The highest BCUT2D eigenvalue weighted by Crippen LogP contribution is 2.33. The van der Waals surface area contributed by atoms with Crippen LogP contribution >= 0.6 is 11.8 Å². The Hall–Kier alpha value is -0.990. The van der Waals surface area contributed by atoms with Crippen LogP contribution < -0.4 is 0 Å². The quantitative estimate of drug-likeness (QED) is 0.603. The number of carbonyl (C=O) groups is 2. The summed E-state index contributed by atoms with van der Waals surface area (Å²) in [6.07, 6.45) is 6.20. The third kappa shape index (κ3) is 5.33. The highest BCUT2D eigenvalue weighted by atomic mass is 32.2. The molecule has 0 aliphatic carbocycles. The molecule has 7 nitrogen and oxygen atoms in total. The van der Waals surface area contributed by atoms with E-state index in [2.05, 4.69) is 23.9 Å². The lowest BCUT2D eigenvalue weighted by atomic mass is 9.91. The third-order valence-corrected chi connectivity index (χ3v) is 7.08. The minimum atomic E-state index is -0.378.